The van der Waals surface area contributed by atoms with Crippen molar-refractivity contribution in [3.63, 3.8) is 0 Å². The zero-order valence-electron chi connectivity index (χ0n) is 13.6. The highest BCUT2D eigenvalue weighted by atomic mass is 32.2. The second-order valence-corrected chi connectivity index (χ2v) is 6.62. The molecule has 0 fully saturated rings. The van der Waals surface area contributed by atoms with Gasteiger partial charge in [-0.05, 0) is 35.7 Å². The molecule has 4 rings (SSSR count). The van der Waals surface area contributed by atoms with Crippen LogP contribution in [0.25, 0.3) is 22.1 Å². The Balaban J connectivity index is 1.72. The highest BCUT2D eigenvalue weighted by Gasteiger charge is 2.13. The lowest BCUT2D eigenvalue weighted by Crippen LogP contribution is -1.96. The third kappa shape index (κ3) is 2.63. The standard InChI is InChI=1S/C18H17N5S/c1-3-12-6-7-15-14(9-12)16-17(23(15)2)20-18(22-21-16)24-11-13-5-4-8-19-10-13/h4-10H,3,11H2,1-2H3. The van der Waals surface area contributed by atoms with Crippen molar-refractivity contribution >= 4 is 33.8 Å². The first-order valence-corrected chi connectivity index (χ1v) is 8.88. The summed E-state index contributed by atoms with van der Waals surface area (Å²) in [6.45, 7) is 2.16. The number of benzene rings is 1. The Morgan fingerprint density at radius 3 is 2.83 bits per heavy atom. The van der Waals surface area contributed by atoms with E-state index >= 15 is 0 Å². The smallest absolute Gasteiger partial charge is 0.211 e. The Labute approximate surface area is 144 Å². The summed E-state index contributed by atoms with van der Waals surface area (Å²) in [5.41, 5.74) is 5.33. The minimum atomic E-state index is 0.688. The van der Waals surface area contributed by atoms with E-state index in [0.29, 0.717) is 5.16 Å². The molecule has 3 aromatic heterocycles. The van der Waals surface area contributed by atoms with E-state index in [4.69, 9.17) is 4.98 Å². The molecule has 4 aromatic rings. The maximum absolute atomic E-state index is 4.71. The number of hydrogen-bond donors (Lipinski definition) is 0. The van der Waals surface area contributed by atoms with Gasteiger partial charge in [-0.25, -0.2) is 4.98 Å². The second kappa shape index (κ2) is 6.20. The van der Waals surface area contributed by atoms with Crippen molar-refractivity contribution in [1.29, 1.82) is 0 Å². The minimum absolute atomic E-state index is 0.688. The molecular weight excluding hydrogens is 318 g/mol. The lowest BCUT2D eigenvalue weighted by Gasteiger charge is -2.00. The van der Waals surface area contributed by atoms with Crippen LogP contribution in [0.5, 0.6) is 0 Å². The average molecular weight is 335 g/mol. The summed E-state index contributed by atoms with van der Waals surface area (Å²) in [7, 11) is 2.03. The van der Waals surface area contributed by atoms with E-state index in [0.717, 1.165) is 39.8 Å². The van der Waals surface area contributed by atoms with Gasteiger partial charge in [0.2, 0.25) is 5.16 Å². The Morgan fingerprint density at radius 2 is 2.04 bits per heavy atom. The topological polar surface area (TPSA) is 56.5 Å². The van der Waals surface area contributed by atoms with Gasteiger partial charge in [-0.1, -0.05) is 30.8 Å². The maximum Gasteiger partial charge on any atom is 0.211 e. The molecule has 0 saturated carbocycles. The molecule has 5 nitrogen and oxygen atoms in total. The van der Waals surface area contributed by atoms with E-state index in [-0.39, 0.29) is 0 Å². The van der Waals surface area contributed by atoms with E-state index in [9.17, 15) is 0 Å². The molecule has 1 aromatic carbocycles. The van der Waals surface area contributed by atoms with Crippen molar-refractivity contribution in [2.24, 2.45) is 7.05 Å². The summed E-state index contributed by atoms with van der Waals surface area (Å²) >= 11 is 1.58. The Kier molecular flexibility index (Phi) is 3.90. The summed E-state index contributed by atoms with van der Waals surface area (Å²) in [4.78, 5) is 8.85. The first-order valence-electron chi connectivity index (χ1n) is 7.89. The van der Waals surface area contributed by atoms with Crippen molar-refractivity contribution in [1.82, 2.24) is 24.7 Å². The number of fused-ring (bicyclic) bond motifs is 3. The van der Waals surface area contributed by atoms with Crippen LogP contribution in [0.1, 0.15) is 18.1 Å². The zero-order valence-corrected chi connectivity index (χ0v) is 14.4. The normalized spacial score (nSPS) is 11.4. The van der Waals surface area contributed by atoms with Gasteiger partial charge in [0, 0.05) is 30.6 Å². The largest absolute Gasteiger partial charge is 0.327 e. The number of aromatic nitrogens is 5. The van der Waals surface area contributed by atoms with Crippen LogP contribution in [0.2, 0.25) is 0 Å². The Hall–Kier alpha value is -2.47. The van der Waals surface area contributed by atoms with Crippen LogP contribution in [0, 0.1) is 0 Å². The summed E-state index contributed by atoms with van der Waals surface area (Å²) < 4.78 is 2.09. The molecule has 0 N–H and O–H groups in total. The highest BCUT2D eigenvalue weighted by molar-refractivity contribution is 7.98. The molecule has 0 unspecified atom stereocenters. The van der Waals surface area contributed by atoms with Crippen molar-refractivity contribution in [3.8, 4) is 0 Å². The van der Waals surface area contributed by atoms with Gasteiger partial charge in [-0.15, -0.1) is 10.2 Å². The van der Waals surface area contributed by atoms with Crippen LogP contribution in [0.4, 0.5) is 0 Å². The summed E-state index contributed by atoms with van der Waals surface area (Å²) in [6.07, 6.45) is 4.65. The van der Waals surface area contributed by atoms with Gasteiger partial charge < -0.3 is 4.57 Å². The highest BCUT2D eigenvalue weighted by Crippen LogP contribution is 2.28. The molecule has 0 bridgehead atoms. The molecule has 0 radical (unpaired) electrons. The van der Waals surface area contributed by atoms with Crippen molar-refractivity contribution in [2.75, 3.05) is 0 Å². The number of nitrogens with zero attached hydrogens (tertiary/aromatic N) is 5. The van der Waals surface area contributed by atoms with E-state index in [2.05, 4.69) is 50.9 Å². The van der Waals surface area contributed by atoms with Crippen LogP contribution >= 0.6 is 11.8 Å². The predicted molar refractivity (Wildman–Crippen MR) is 97.0 cm³/mol. The van der Waals surface area contributed by atoms with Gasteiger partial charge in [0.05, 0.1) is 5.52 Å². The molecule has 0 spiro atoms. The van der Waals surface area contributed by atoms with E-state index in [1.807, 2.05) is 19.3 Å². The fourth-order valence-electron chi connectivity index (χ4n) is 2.80. The molecule has 6 heteroatoms. The van der Waals surface area contributed by atoms with Crippen LogP contribution in [-0.4, -0.2) is 24.7 Å². The van der Waals surface area contributed by atoms with Gasteiger partial charge in [0.25, 0.3) is 0 Å². The number of pyridine rings is 1. The molecule has 120 valence electrons. The molecule has 0 aliphatic carbocycles. The van der Waals surface area contributed by atoms with Crippen LogP contribution in [-0.2, 0) is 19.2 Å². The zero-order chi connectivity index (χ0) is 16.5. The molecule has 3 heterocycles. The minimum Gasteiger partial charge on any atom is -0.327 e. The number of rotatable bonds is 4. The van der Waals surface area contributed by atoms with Gasteiger partial charge >= 0.3 is 0 Å². The summed E-state index contributed by atoms with van der Waals surface area (Å²) in [5.74, 6) is 0.783. The number of thioether (sulfide) groups is 1. The fraction of sp³-hybridized carbons (Fsp3) is 0.222. The predicted octanol–water partition coefficient (Wildman–Crippen LogP) is 3.77. The van der Waals surface area contributed by atoms with Crippen LogP contribution in [0.15, 0.2) is 47.9 Å². The summed E-state index contributed by atoms with van der Waals surface area (Å²) in [6, 6.07) is 10.5. The van der Waals surface area contributed by atoms with E-state index in [1.165, 1.54) is 5.56 Å². The number of hydrogen-bond acceptors (Lipinski definition) is 5. The lowest BCUT2D eigenvalue weighted by atomic mass is 10.1. The molecule has 0 saturated heterocycles. The lowest BCUT2D eigenvalue weighted by molar-refractivity contribution is 0.855. The first kappa shape index (κ1) is 15.1. The Morgan fingerprint density at radius 1 is 1.12 bits per heavy atom. The molecule has 0 aliphatic rings. The third-order valence-corrected chi connectivity index (χ3v) is 5.05. The molecule has 0 atom stereocenters. The third-order valence-electron chi connectivity index (χ3n) is 4.14. The molecule has 0 amide bonds. The van der Waals surface area contributed by atoms with Gasteiger partial charge in [0.15, 0.2) is 5.65 Å². The average Bonchev–Trinajstić information content (AvgIpc) is 2.92. The van der Waals surface area contributed by atoms with Crippen molar-refractivity contribution in [2.45, 2.75) is 24.3 Å². The monoisotopic (exact) mass is 335 g/mol. The SMILES string of the molecule is CCc1ccc2c(c1)c1nnc(SCc3cccnc3)nc1n2C. The first-order chi connectivity index (χ1) is 11.8. The van der Waals surface area contributed by atoms with Crippen molar-refractivity contribution < 1.29 is 0 Å². The quantitative estimate of drug-likeness (QED) is 0.531. The molecule has 24 heavy (non-hydrogen) atoms. The van der Waals surface area contributed by atoms with Gasteiger partial charge in [0.1, 0.15) is 5.52 Å². The van der Waals surface area contributed by atoms with Gasteiger partial charge in [-0.2, -0.15) is 0 Å². The van der Waals surface area contributed by atoms with Gasteiger partial charge in [-0.3, -0.25) is 4.98 Å². The van der Waals surface area contributed by atoms with E-state index in [1.54, 1.807) is 18.0 Å². The molecule has 0 aliphatic heterocycles. The van der Waals surface area contributed by atoms with E-state index < -0.39 is 0 Å². The van der Waals surface area contributed by atoms with Crippen LogP contribution < -0.4 is 0 Å². The van der Waals surface area contributed by atoms with Crippen molar-refractivity contribution in [3.05, 3.63) is 53.9 Å². The summed E-state index contributed by atoms with van der Waals surface area (Å²) in [5, 5.41) is 10.6. The van der Waals surface area contributed by atoms with Crippen LogP contribution in [0.3, 0.4) is 0 Å². The molecular formula is C18H17N5S. The number of aryl methyl sites for hydroxylation is 2. The maximum atomic E-state index is 4.71. The second-order valence-electron chi connectivity index (χ2n) is 5.68. The fourth-order valence-corrected chi connectivity index (χ4v) is 3.52. The Bertz CT molecular complexity index is 1010.